The number of hydrogen-bond acceptors (Lipinski definition) is 6. The summed E-state index contributed by atoms with van der Waals surface area (Å²) in [6, 6.07) is 17.8. The fraction of sp³-hybridized carbons (Fsp3) is 0.238. The molecule has 28 heavy (non-hydrogen) atoms. The third-order valence-corrected chi connectivity index (χ3v) is 4.98. The molecule has 144 valence electrons. The summed E-state index contributed by atoms with van der Waals surface area (Å²) in [5.41, 5.74) is 3.09. The molecule has 0 bridgehead atoms. The average Bonchev–Trinajstić information content (AvgIpc) is 2.70. The molecule has 0 spiro atoms. The van der Waals surface area contributed by atoms with Gasteiger partial charge in [-0.2, -0.15) is 4.98 Å². The fourth-order valence-corrected chi connectivity index (χ4v) is 3.34. The van der Waals surface area contributed by atoms with E-state index in [4.69, 9.17) is 11.6 Å². The molecule has 2 N–H and O–H groups in total. The summed E-state index contributed by atoms with van der Waals surface area (Å²) in [7, 11) is 2.17. The van der Waals surface area contributed by atoms with Gasteiger partial charge in [0.25, 0.3) is 0 Å². The van der Waals surface area contributed by atoms with Crippen LogP contribution in [0.5, 0.6) is 0 Å². The zero-order valence-electron chi connectivity index (χ0n) is 15.8. The molecule has 2 aromatic carbocycles. The molecule has 0 aliphatic carbocycles. The Kier molecular flexibility index (Phi) is 5.60. The smallest absolute Gasteiger partial charge is 0.229 e. The van der Waals surface area contributed by atoms with Crippen molar-refractivity contribution in [2.24, 2.45) is 0 Å². The van der Waals surface area contributed by atoms with Crippen LogP contribution < -0.4 is 15.5 Å². The minimum Gasteiger partial charge on any atom is -0.369 e. The van der Waals surface area contributed by atoms with Gasteiger partial charge < -0.3 is 20.4 Å². The van der Waals surface area contributed by atoms with E-state index in [1.54, 1.807) is 6.20 Å². The molecule has 0 atom stereocenters. The molecular formula is C21H23ClN6. The number of likely N-dealkylation sites (N-methyl/N-ethyl adjacent to an activating group) is 1. The van der Waals surface area contributed by atoms with Crippen LogP contribution in [0, 0.1) is 0 Å². The zero-order chi connectivity index (χ0) is 19.3. The molecule has 0 radical (unpaired) electrons. The third kappa shape index (κ3) is 4.71. The van der Waals surface area contributed by atoms with Crippen LogP contribution in [0.2, 0.25) is 5.02 Å². The van der Waals surface area contributed by atoms with Crippen molar-refractivity contribution in [3.05, 3.63) is 65.8 Å². The predicted molar refractivity (Wildman–Crippen MR) is 116 cm³/mol. The van der Waals surface area contributed by atoms with Crippen LogP contribution >= 0.6 is 11.6 Å². The van der Waals surface area contributed by atoms with Crippen molar-refractivity contribution in [1.29, 1.82) is 0 Å². The molecule has 2 heterocycles. The van der Waals surface area contributed by atoms with Crippen molar-refractivity contribution < 1.29 is 0 Å². The number of benzene rings is 2. The number of aromatic nitrogens is 2. The Labute approximate surface area is 170 Å². The van der Waals surface area contributed by atoms with E-state index in [9.17, 15) is 0 Å². The van der Waals surface area contributed by atoms with E-state index in [1.807, 2.05) is 30.3 Å². The summed E-state index contributed by atoms with van der Waals surface area (Å²) < 4.78 is 0. The minimum absolute atomic E-state index is 0.541. The molecule has 0 saturated carbocycles. The van der Waals surface area contributed by atoms with Crippen molar-refractivity contribution >= 4 is 40.4 Å². The quantitative estimate of drug-likeness (QED) is 0.670. The van der Waals surface area contributed by atoms with Crippen LogP contribution in [0.15, 0.2) is 60.8 Å². The van der Waals surface area contributed by atoms with Gasteiger partial charge in [-0.1, -0.05) is 17.7 Å². The molecule has 6 nitrogen and oxygen atoms in total. The Morgan fingerprint density at radius 3 is 2.43 bits per heavy atom. The molecule has 7 heteroatoms. The van der Waals surface area contributed by atoms with E-state index in [0.717, 1.165) is 37.6 Å². The Morgan fingerprint density at radius 1 is 0.893 bits per heavy atom. The Balaban J connectivity index is 1.41. The molecule has 0 unspecified atom stereocenters. The van der Waals surface area contributed by atoms with Crippen molar-refractivity contribution in [2.45, 2.75) is 0 Å². The highest BCUT2D eigenvalue weighted by atomic mass is 35.5. The zero-order valence-corrected chi connectivity index (χ0v) is 16.5. The number of rotatable bonds is 5. The normalized spacial score (nSPS) is 14.7. The Hall–Kier alpha value is -2.83. The lowest BCUT2D eigenvalue weighted by molar-refractivity contribution is 0.313. The highest BCUT2D eigenvalue weighted by Gasteiger charge is 2.14. The van der Waals surface area contributed by atoms with Gasteiger partial charge in [0.05, 0.1) is 0 Å². The van der Waals surface area contributed by atoms with Crippen LogP contribution in [0.3, 0.4) is 0 Å². The Morgan fingerprint density at radius 2 is 1.68 bits per heavy atom. The highest BCUT2D eigenvalue weighted by Crippen LogP contribution is 2.22. The topological polar surface area (TPSA) is 56.3 Å². The fourth-order valence-electron chi connectivity index (χ4n) is 3.15. The van der Waals surface area contributed by atoms with Crippen molar-refractivity contribution in [2.75, 3.05) is 48.8 Å². The van der Waals surface area contributed by atoms with E-state index in [1.165, 1.54) is 5.69 Å². The third-order valence-electron chi connectivity index (χ3n) is 4.74. The Bertz CT molecular complexity index is 922. The molecular weight excluding hydrogens is 372 g/mol. The largest absolute Gasteiger partial charge is 0.369 e. The summed E-state index contributed by atoms with van der Waals surface area (Å²) in [4.78, 5) is 13.6. The van der Waals surface area contributed by atoms with E-state index < -0.39 is 0 Å². The van der Waals surface area contributed by atoms with Gasteiger partial charge in [0.1, 0.15) is 5.82 Å². The number of piperazine rings is 1. The number of halogens is 1. The monoisotopic (exact) mass is 394 g/mol. The van der Waals surface area contributed by atoms with Crippen LogP contribution in [-0.2, 0) is 0 Å². The summed E-state index contributed by atoms with van der Waals surface area (Å²) in [6.45, 7) is 4.31. The van der Waals surface area contributed by atoms with Gasteiger partial charge in [0, 0.05) is 54.5 Å². The second-order valence-corrected chi connectivity index (χ2v) is 7.30. The molecule has 0 amide bonds. The van der Waals surface area contributed by atoms with Gasteiger partial charge in [-0.25, -0.2) is 4.98 Å². The summed E-state index contributed by atoms with van der Waals surface area (Å²) in [5, 5.41) is 7.18. The summed E-state index contributed by atoms with van der Waals surface area (Å²) in [5.74, 6) is 1.24. The SMILES string of the molecule is CN1CCN(c2ccc(Nc3nccc(Nc4cccc(Cl)c4)n3)cc2)CC1. The molecule has 3 aromatic rings. The first-order valence-corrected chi connectivity index (χ1v) is 9.70. The molecule has 1 fully saturated rings. The van der Waals surface area contributed by atoms with E-state index in [2.05, 4.69) is 61.7 Å². The van der Waals surface area contributed by atoms with Gasteiger partial charge in [-0.15, -0.1) is 0 Å². The minimum atomic E-state index is 0.541. The van der Waals surface area contributed by atoms with Crippen LogP contribution in [0.25, 0.3) is 0 Å². The van der Waals surface area contributed by atoms with Crippen molar-refractivity contribution in [3.63, 3.8) is 0 Å². The summed E-state index contributed by atoms with van der Waals surface area (Å²) >= 11 is 6.03. The second kappa shape index (κ2) is 8.46. The number of anilines is 5. The van der Waals surface area contributed by atoms with E-state index in [-0.39, 0.29) is 0 Å². The number of nitrogens with one attached hydrogen (secondary N) is 2. The van der Waals surface area contributed by atoms with Gasteiger partial charge in [0.2, 0.25) is 5.95 Å². The number of hydrogen-bond donors (Lipinski definition) is 2. The van der Waals surface area contributed by atoms with Crippen LogP contribution in [0.4, 0.5) is 28.8 Å². The molecule has 1 aromatic heterocycles. The highest BCUT2D eigenvalue weighted by molar-refractivity contribution is 6.30. The van der Waals surface area contributed by atoms with Crippen LogP contribution in [-0.4, -0.2) is 48.1 Å². The first-order chi connectivity index (χ1) is 13.7. The molecule has 4 rings (SSSR count). The van der Waals surface area contributed by atoms with Gasteiger partial charge >= 0.3 is 0 Å². The van der Waals surface area contributed by atoms with Gasteiger partial charge in [-0.05, 0) is 55.6 Å². The van der Waals surface area contributed by atoms with Gasteiger partial charge in [-0.3, -0.25) is 0 Å². The van der Waals surface area contributed by atoms with E-state index in [0.29, 0.717) is 16.8 Å². The lowest BCUT2D eigenvalue weighted by Gasteiger charge is -2.34. The predicted octanol–water partition coefficient (Wildman–Crippen LogP) is 4.37. The maximum Gasteiger partial charge on any atom is 0.229 e. The van der Waals surface area contributed by atoms with E-state index >= 15 is 0 Å². The standard InChI is InChI=1S/C21H23ClN6/c1-27-11-13-28(14-12-27)19-7-5-17(6-8-19)25-21-23-10-9-20(26-21)24-18-4-2-3-16(22)15-18/h2-10,15H,11-14H2,1H3,(H2,23,24,25,26). The average molecular weight is 395 g/mol. The lowest BCUT2D eigenvalue weighted by atomic mass is 10.2. The molecule has 1 aliphatic rings. The van der Waals surface area contributed by atoms with Gasteiger partial charge in [0.15, 0.2) is 0 Å². The first kappa shape index (κ1) is 18.5. The maximum absolute atomic E-state index is 6.03. The maximum atomic E-state index is 6.03. The number of nitrogens with zero attached hydrogens (tertiary/aromatic N) is 4. The van der Waals surface area contributed by atoms with Crippen LogP contribution in [0.1, 0.15) is 0 Å². The summed E-state index contributed by atoms with van der Waals surface area (Å²) in [6.07, 6.45) is 1.72. The van der Waals surface area contributed by atoms with Crippen molar-refractivity contribution in [3.8, 4) is 0 Å². The van der Waals surface area contributed by atoms with Crippen molar-refractivity contribution in [1.82, 2.24) is 14.9 Å². The lowest BCUT2D eigenvalue weighted by Crippen LogP contribution is -2.44. The molecule has 1 aliphatic heterocycles. The molecule has 1 saturated heterocycles. The first-order valence-electron chi connectivity index (χ1n) is 9.32. The second-order valence-electron chi connectivity index (χ2n) is 6.86.